The lowest BCUT2D eigenvalue weighted by atomic mass is 10.0. The van der Waals surface area contributed by atoms with Crippen molar-refractivity contribution in [2.45, 2.75) is 13.8 Å². The standard InChI is InChI=1S/C20H18N2O5/c1-11-8-13(9-12(2)17(11)23)10-16-18(24)21-20(26)22(19(16)25)14-4-6-15(27-3)7-5-14/h4-10,23H,1-3H3,(H,21,24,26)/b16-10-. The largest absolute Gasteiger partial charge is 0.507 e. The summed E-state index contributed by atoms with van der Waals surface area (Å²) in [4.78, 5) is 38.2. The molecule has 0 aromatic heterocycles. The maximum absolute atomic E-state index is 12.8. The summed E-state index contributed by atoms with van der Waals surface area (Å²) < 4.78 is 5.07. The molecule has 0 spiro atoms. The van der Waals surface area contributed by atoms with Gasteiger partial charge < -0.3 is 9.84 Å². The number of aryl methyl sites for hydroxylation is 2. The van der Waals surface area contributed by atoms with E-state index < -0.39 is 17.8 Å². The zero-order chi connectivity index (χ0) is 19.7. The van der Waals surface area contributed by atoms with Crippen LogP contribution in [-0.4, -0.2) is 30.1 Å². The van der Waals surface area contributed by atoms with Crippen molar-refractivity contribution in [3.05, 3.63) is 58.7 Å². The van der Waals surface area contributed by atoms with Crippen LogP contribution in [0.2, 0.25) is 0 Å². The topological polar surface area (TPSA) is 95.9 Å². The molecule has 7 heteroatoms. The number of aromatic hydroxyl groups is 1. The highest BCUT2D eigenvalue weighted by molar-refractivity contribution is 6.39. The Balaban J connectivity index is 2.01. The minimum absolute atomic E-state index is 0.159. The Hall–Kier alpha value is -3.61. The Morgan fingerprint density at radius 3 is 2.19 bits per heavy atom. The molecule has 0 atom stereocenters. The molecule has 1 aliphatic heterocycles. The van der Waals surface area contributed by atoms with Gasteiger partial charge in [0.1, 0.15) is 17.1 Å². The molecule has 4 amide bonds. The van der Waals surface area contributed by atoms with Crippen molar-refractivity contribution < 1.29 is 24.2 Å². The number of carbonyl (C=O) groups is 3. The fourth-order valence-corrected chi connectivity index (χ4v) is 2.86. The number of nitrogens with one attached hydrogen (secondary N) is 1. The van der Waals surface area contributed by atoms with E-state index in [4.69, 9.17) is 4.74 Å². The molecule has 0 unspecified atom stereocenters. The summed E-state index contributed by atoms with van der Waals surface area (Å²) in [6, 6.07) is 8.83. The summed E-state index contributed by atoms with van der Waals surface area (Å²) in [5.74, 6) is -0.757. The number of hydrogen-bond acceptors (Lipinski definition) is 5. The first kappa shape index (κ1) is 18.2. The number of methoxy groups -OCH3 is 1. The first-order valence-corrected chi connectivity index (χ1v) is 8.17. The highest BCUT2D eigenvalue weighted by atomic mass is 16.5. The van der Waals surface area contributed by atoms with Crippen LogP contribution in [0.15, 0.2) is 42.0 Å². The highest BCUT2D eigenvalue weighted by Gasteiger charge is 2.36. The van der Waals surface area contributed by atoms with Gasteiger partial charge in [0, 0.05) is 0 Å². The Bertz CT molecular complexity index is 953. The van der Waals surface area contributed by atoms with Gasteiger partial charge in [-0.25, -0.2) is 9.69 Å². The Kier molecular flexibility index (Phi) is 4.68. The van der Waals surface area contributed by atoms with Crippen LogP contribution < -0.4 is 15.0 Å². The van der Waals surface area contributed by atoms with Gasteiger partial charge in [-0.3, -0.25) is 14.9 Å². The summed E-state index contributed by atoms with van der Waals surface area (Å²) in [5, 5.41) is 12.1. The molecule has 138 valence electrons. The number of barbiturate groups is 1. The summed E-state index contributed by atoms with van der Waals surface area (Å²) in [7, 11) is 1.51. The predicted molar refractivity (Wildman–Crippen MR) is 99.6 cm³/mol. The minimum Gasteiger partial charge on any atom is -0.507 e. The Morgan fingerprint density at radius 1 is 1.04 bits per heavy atom. The van der Waals surface area contributed by atoms with E-state index in [1.54, 1.807) is 50.2 Å². The molecule has 0 bridgehead atoms. The molecule has 2 N–H and O–H groups in total. The number of ether oxygens (including phenoxy) is 1. The third kappa shape index (κ3) is 3.39. The molecule has 0 saturated carbocycles. The lowest BCUT2D eigenvalue weighted by Crippen LogP contribution is -2.54. The average molecular weight is 366 g/mol. The van der Waals surface area contributed by atoms with Crippen LogP contribution in [0.4, 0.5) is 10.5 Å². The van der Waals surface area contributed by atoms with Crippen molar-refractivity contribution in [3.63, 3.8) is 0 Å². The lowest BCUT2D eigenvalue weighted by Gasteiger charge is -2.26. The van der Waals surface area contributed by atoms with Crippen molar-refractivity contribution >= 4 is 29.6 Å². The van der Waals surface area contributed by atoms with Crippen molar-refractivity contribution in [1.29, 1.82) is 0 Å². The van der Waals surface area contributed by atoms with Gasteiger partial charge >= 0.3 is 6.03 Å². The van der Waals surface area contributed by atoms with Crippen LogP contribution >= 0.6 is 0 Å². The summed E-state index contributed by atoms with van der Waals surface area (Å²) >= 11 is 0. The van der Waals surface area contributed by atoms with Crippen LogP contribution in [-0.2, 0) is 9.59 Å². The molecule has 7 nitrogen and oxygen atoms in total. The third-order valence-electron chi connectivity index (χ3n) is 4.26. The molecule has 1 fully saturated rings. The van der Waals surface area contributed by atoms with Crippen LogP contribution in [0, 0.1) is 13.8 Å². The first-order chi connectivity index (χ1) is 12.8. The number of amides is 4. The van der Waals surface area contributed by atoms with Gasteiger partial charge in [-0.2, -0.15) is 0 Å². The maximum atomic E-state index is 12.8. The zero-order valence-corrected chi connectivity index (χ0v) is 15.1. The van der Waals surface area contributed by atoms with E-state index in [9.17, 15) is 19.5 Å². The normalized spacial score (nSPS) is 15.9. The quantitative estimate of drug-likeness (QED) is 0.643. The van der Waals surface area contributed by atoms with Crippen molar-refractivity contribution in [1.82, 2.24) is 5.32 Å². The van der Waals surface area contributed by atoms with Crippen LogP contribution in [0.25, 0.3) is 6.08 Å². The highest BCUT2D eigenvalue weighted by Crippen LogP contribution is 2.27. The fourth-order valence-electron chi connectivity index (χ4n) is 2.86. The van der Waals surface area contributed by atoms with E-state index in [0.717, 1.165) is 4.90 Å². The maximum Gasteiger partial charge on any atom is 0.335 e. The fraction of sp³-hybridized carbons (Fsp3) is 0.150. The van der Waals surface area contributed by atoms with Gasteiger partial charge in [0.15, 0.2) is 0 Å². The number of phenolic OH excluding ortho intramolecular Hbond substituents is 1. The van der Waals surface area contributed by atoms with Gasteiger partial charge in [-0.05, 0) is 73.0 Å². The van der Waals surface area contributed by atoms with Crippen molar-refractivity contribution in [3.8, 4) is 11.5 Å². The van der Waals surface area contributed by atoms with Gasteiger partial charge in [0.2, 0.25) is 0 Å². The number of hydrogen-bond donors (Lipinski definition) is 2. The Morgan fingerprint density at radius 2 is 1.63 bits per heavy atom. The molecule has 2 aromatic rings. The summed E-state index contributed by atoms with van der Waals surface area (Å²) in [6.07, 6.45) is 1.40. The molecule has 2 aromatic carbocycles. The zero-order valence-electron chi connectivity index (χ0n) is 15.1. The lowest BCUT2D eigenvalue weighted by molar-refractivity contribution is -0.122. The van der Waals surface area contributed by atoms with Crippen molar-refractivity contribution in [2.24, 2.45) is 0 Å². The average Bonchev–Trinajstić information content (AvgIpc) is 2.63. The van der Waals surface area contributed by atoms with Gasteiger partial charge in [-0.1, -0.05) is 0 Å². The monoisotopic (exact) mass is 366 g/mol. The van der Waals surface area contributed by atoms with E-state index >= 15 is 0 Å². The molecule has 0 aliphatic carbocycles. The van der Waals surface area contributed by atoms with Gasteiger partial charge in [-0.15, -0.1) is 0 Å². The summed E-state index contributed by atoms with van der Waals surface area (Å²) in [6.45, 7) is 3.45. The molecule has 3 rings (SSSR count). The van der Waals surface area contributed by atoms with E-state index in [2.05, 4.69) is 5.32 Å². The minimum atomic E-state index is -0.814. The number of urea groups is 1. The Labute approximate surface area is 155 Å². The van der Waals surface area contributed by atoms with E-state index in [0.29, 0.717) is 28.1 Å². The van der Waals surface area contributed by atoms with Crippen molar-refractivity contribution in [2.75, 3.05) is 12.0 Å². The molecule has 1 heterocycles. The smallest absolute Gasteiger partial charge is 0.335 e. The summed E-state index contributed by atoms with van der Waals surface area (Å²) in [5.41, 5.74) is 1.96. The number of nitrogens with zero attached hydrogens (tertiary/aromatic N) is 1. The van der Waals surface area contributed by atoms with Crippen LogP contribution in [0.3, 0.4) is 0 Å². The second kappa shape index (κ2) is 6.95. The number of anilines is 1. The van der Waals surface area contributed by atoms with E-state index in [1.165, 1.54) is 13.2 Å². The number of imide groups is 2. The molecule has 1 saturated heterocycles. The number of rotatable bonds is 3. The van der Waals surface area contributed by atoms with E-state index in [-0.39, 0.29) is 11.3 Å². The van der Waals surface area contributed by atoms with E-state index in [1.807, 2.05) is 0 Å². The molecule has 1 aliphatic rings. The third-order valence-corrected chi connectivity index (χ3v) is 4.26. The molecule has 27 heavy (non-hydrogen) atoms. The SMILES string of the molecule is COc1ccc(N2C(=O)NC(=O)/C(=C/c3cc(C)c(O)c(C)c3)C2=O)cc1. The molecular formula is C20H18N2O5. The van der Waals surface area contributed by atoms with Gasteiger partial charge in [0.05, 0.1) is 12.8 Å². The molecule has 0 radical (unpaired) electrons. The second-order valence-corrected chi connectivity index (χ2v) is 6.16. The molecular weight excluding hydrogens is 348 g/mol. The first-order valence-electron chi connectivity index (χ1n) is 8.17. The van der Waals surface area contributed by atoms with Gasteiger partial charge in [0.25, 0.3) is 11.8 Å². The number of carbonyl (C=O) groups excluding carboxylic acids is 3. The van der Waals surface area contributed by atoms with Crippen LogP contribution in [0.5, 0.6) is 11.5 Å². The number of phenols is 1. The number of benzene rings is 2. The van der Waals surface area contributed by atoms with Crippen LogP contribution in [0.1, 0.15) is 16.7 Å². The predicted octanol–water partition coefficient (Wildman–Crippen LogP) is 2.68. The second-order valence-electron chi connectivity index (χ2n) is 6.16.